The lowest BCUT2D eigenvalue weighted by Gasteiger charge is -2.07. The van der Waals surface area contributed by atoms with Crippen molar-refractivity contribution in [3.8, 4) is 0 Å². The van der Waals surface area contributed by atoms with Crippen molar-refractivity contribution in [3.05, 3.63) is 42.4 Å². The summed E-state index contributed by atoms with van der Waals surface area (Å²) in [7, 11) is 0. The number of halogens is 4. The molecule has 0 aliphatic heterocycles. The topological polar surface area (TPSA) is 86.3 Å². The highest BCUT2D eigenvalue weighted by Gasteiger charge is 2.40. The third-order valence-corrected chi connectivity index (χ3v) is 2.40. The van der Waals surface area contributed by atoms with E-state index in [1.54, 1.807) is 0 Å². The molecule has 0 bridgehead atoms. The fourth-order valence-corrected chi connectivity index (χ4v) is 1.56. The summed E-state index contributed by atoms with van der Waals surface area (Å²) in [6, 6.07) is 0.586. The molecule has 17 heavy (non-hydrogen) atoms. The average molecular weight is 315 g/mol. The van der Waals surface area contributed by atoms with Crippen molar-refractivity contribution in [2.24, 2.45) is 0 Å². The lowest BCUT2D eigenvalue weighted by atomic mass is 10.1. The molecule has 0 N–H and O–H groups in total. The van der Waals surface area contributed by atoms with Crippen molar-refractivity contribution in [3.63, 3.8) is 0 Å². The van der Waals surface area contributed by atoms with E-state index >= 15 is 0 Å². The van der Waals surface area contributed by atoms with Gasteiger partial charge in [0.25, 0.3) is 11.4 Å². The van der Waals surface area contributed by atoms with E-state index in [2.05, 4.69) is 15.9 Å². The molecule has 1 aromatic carbocycles. The predicted molar refractivity (Wildman–Crippen MR) is 52.5 cm³/mol. The number of alkyl halides is 3. The largest absolute Gasteiger partial charge is 0.423 e. The van der Waals surface area contributed by atoms with Crippen LogP contribution in [-0.2, 0) is 6.18 Å². The Morgan fingerprint density at radius 1 is 1.06 bits per heavy atom. The molecule has 1 rings (SSSR count). The molecule has 0 aliphatic rings. The third kappa shape index (κ3) is 2.70. The first-order valence-electron chi connectivity index (χ1n) is 3.84. The second kappa shape index (κ2) is 4.28. The maximum Gasteiger partial charge on any atom is 0.423 e. The highest BCUT2D eigenvalue weighted by Crippen LogP contribution is 2.41. The third-order valence-electron chi connectivity index (χ3n) is 1.76. The van der Waals surface area contributed by atoms with E-state index in [0.29, 0.717) is 6.07 Å². The zero-order valence-corrected chi connectivity index (χ0v) is 9.28. The molecule has 0 atom stereocenters. The maximum atomic E-state index is 12.4. The molecule has 0 fully saturated rings. The number of nitro groups is 2. The van der Waals surface area contributed by atoms with Gasteiger partial charge in [-0.05, 0) is 22.0 Å². The lowest BCUT2D eigenvalue weighted by Crippen LogP contribution is -2.09. The SMILES string of the molecule is O=[N+]([O-])c1cc([N+](=O)[O-])c(C(F)(F)F)cc1Br. The van der Waals surface area contributed by atoms with Gasteiger partial charge in [0.2, 0.25) is 0 Å². The summed E-state index contributed by atoms with van der Waals surface area (Å²) in [5, 5.41) is 20.9. The lowest BCUT2D eigenvalue weighted by molar-refractivity contribution is -0.396. The minimum Gasteiger partial charge on any atom is -0.258 e. The van der Waals surface area contributed by atoms with Crippen LogP contribution in [0, 0.1) is 20.2 Å². The Kier molecular flexibility index (Phi) is 3.36. The van der Waals surface area contributed by atoms with E-state index < -0.39 is 37.4 Å². The Morgan fingerprint density at radius 3 is 1.88 bits per heavy atom. The van der Waals surface area contributed by atoms with E-state index in [9.17, 15) is 33.4 Å². The van der Waals surface area contributed by atoms with Crippen molar-refractivity contribution in [1.29, 1.82) is 0 Å². The van der Waals surface area contributed by atoms with Gasteiger partial charge in [0.15, 0.2) is 0 Å². The van der Waals surface area contributed by atoms with Crippen LogP contribution >= 0.6 is 15.9 Å². The highest BCUT2D eigenvalue weighted by atomic mass is 79.9. The van der Waals surface area contributed by atoms with Crippen LogP contribution in [-0.4, -0.2) is 9.85 Å². The van der Waals surface area contributed by atoms with E-state index in [1.165, 1.54) is 0 Å². The minimum atomic E-state index is -4.96. The van der Waals surface area contributed by atoms with E-state index in [0.717, 1.165) is 0 Å². The second-order valence-corrected chi connectivity index (χ2v) is 3.69. The molecule has 0 radical (unpaired) electrons. The zero-order chi connectivity index (χ0) is 13.4. The van der Waals surface area contributed by atoms with Crippen molar-refractivity contribution < 1.29 is 23.0 Å². The molecule has 92 valence electrons. The van der Waals surface area contributed by atoms with Gasteiger partial charge in [0.05, 0.1) is 20.4 Å². The van der Waals surface area contributed by atoms with Crippen molar-refractivity contribution in [1.82, 2.24) is 0 Å². The van der Waals surface area contributed by atoms with Crippen molar-refractivity contribution in [2.75, 3.05) is 0 Å². The first-order chi connectivity index (χ1) is 7.64. The summed E-state index contributed by atoms with van der Waals surface area (Å²) in [5.41, 5.74) is -3.70. The molecule has 0 aromatic heterocycles. The number of benzene rings is 1. The van der Waals surface area contributed by atoms with Crippen molar-refractivity contribution in [2.45, 2.75) is 6.18 Å². The molecule has 6 nitrogen and oxygen atoms in total. The summed E-state index contributed by atoms with van der Waals surface area (Å²) < 4.78 is 36.8. The number of rotatable bonds is 2. The van der Waals surface area contributed by atoms with Gasteiger partial charge < -0.3 is 0 Å². The van der Waals surface area contributed by atoms with Crippen molar-refractivity contribution >= 4 is 27.3 Å². The van der Waals surface area contributed by atoms with Gasteiger partial charge in [0, 0.05) is 0 Å². The summed E-state index contributed by atoms with van der Waals surface area (Å²) in [4.78, 5) is 18.5. The Bertz CT molecular complexity index is 503. The Balaban J connectivity index is 3.58. The van der Waals surface area contributed by atoms with Crippen LogP contribution in [0.1, 0.15) is 5.56 Å². The van der Waals surface area contributed by atoms with Crippen LogP contribution in [0.5, 0.6) is 0 Å². The Morgan fingerprint density at radius 2 is 1.53 bits per heavy atom. The summed E-state index contributed by atoms with van der Waals surface area (Å²) in [6.07, 6.45) is -4.96. The first kappa shape index (κ1) is 13.4. The molecule has 0 saturated carbocycles. The summed E-state index contributed by atoms with van der Waals surface area (Å²) in [6.45, 7) is 0. The van der Waals surface area contributed by atoms with Gasteiger partial charge in [-0.15, -0.1) is 0 Å². The Labute approximate surface area is 99.5 Å². The number of hydrogen-bond donors (Lipinski definition) is 0. The number of hydrogen-bond acceptors (Lipinski definition) is 4. The average Bonchev–Trinajstić information content (AvgIpc) is 2.14. The van der Waals surface area contributed by atoms with Gasteiger partial charge >= 0.3 is 6.18 Å². The fourth-order valence-electron chi connectivity index (χ4n) is 1.07. The van der Waals surface area contributed by atoms with Gasteiger partial charge in [-0.2, -0.15) is 13.2 Å². The van der Waals surface area contributed by atoms with E-state index in [1.807, 2.05) is 0 Å². The van der Waals surface area contributed by atoms with Gasteiger partial charge in [-0.3, -0.25) is 20.2 Å². The highest BCUT2D eigenvalue weighted by molar-refractivity contribution is 9.10. The number of nitrogens with zero attached hydrogens (tertiary/aromatic N) is 2. The van der Waals surface area contributed by atoms with Crippen LogP contribution in [0.25, 0.3) is 0 Å². The first-order valence-corrected chi connectivity index (χ1v) is 4.63. The molecule has 0 spiro atoms. The van der Waals surface area contributed by atoms with Crippen LogP contribution in [0.3, 0.4) is 0 Å². The molecule has 10 heteroatoms. The second-order valence-electron chi connectivity index (χ2n) is 2.83. The molecule has 1 aromatic rings. The molecule has 0 saturated heterocycles. The number of nitro benzene ring substituents is 2. The predicted octanol–water partition coefficient (Wildman–Crippen LogP) is 3.28. The quantitative estimate of drug-likeness (QED) is 0.619. The van der Waals surface area contributed by atoms with E-state index in [4.69, 9.17) is 0 Å². The summed E-state index contributed by atoms with van der Waals surface area (Å²) in [5.74, 6) is 0. The van der Waals surface area contributed by atoms with E-state index in [-0.39, 0.29) is 6.07 Å². The van der Waals surface area contributed by atoms with Crippen LogP contribution < -0.4 is 0 Å². The summed E-state index contributed by atoms with van der Waals surface area (Å²) >= 11 is 2.56. The normalized spacial score (nSPS) is 11.3. The van der Waals surface area contributed by atoms with Gasteiger partial charge in [0.1, 0.15) is 5.56 Å². The fraction of sp³-hybridized carbons (Fsp3) is 0.143. The Hall–Kier alpha value is -1.71. The standard InChI is InChI=1S/C7H2BrF3N2O4/c8-4-1-3(7(9,10)11)5(12(14)15)2-6(4)13(16)17/h1-2H. The molecule has 0 amide bonds. The molecule has 0 unspecified atom stereocenters. The van der Waals surface area contributed by atoms with Gasteiger partial charge in [-0.1, -0.05) is 0 Å². The van der Waals surface area contributed by atoms with Crippen LogP contribution in [0.2, 0.25) is 0 Å². The minimum absolute atomic E-state index is 0.271. The smallest absolute Gasteiger partial charge is 0.258 e. The molecule has 0 heterocycles. The van der Waals surface area contributed by atoms with Gasteiger partial charge in [-0.25, -0.2) is 0 Å². The molecular weight excluding hydrogens is 313 g/mol. The molecular formula is C7H2BrF3N2O4. The molecule has 0 aliphatic carbocycles. The van der Waals surface area contributed by atoms with Crippen LogP contribution in [0.4, 0.5) is 24.5 Å². The monoisotopic (exact) mass is 314 g/mol. The maximum absolute atomic E-state index is 12.4. The van der Waals surface area contributed by atoms with Crippen LogP contribution in [0.15, 0.2) is 16.6 Å². The zero-order valence-electron chi connectivity index (χ0n) is 7.69.